The quantitative estimate of drug-likeness (QED) is 0.672. The predicted octanol–water partition coefficient (Wildman–Crippen LogP) is 2.10. The summed E-state index contributed by atoms with van der Waals surface area (Å²) in [4.78, 5) is 13.0. The number of nitrogens with zero attached hydrogens (tertiary/aromatic N) is 1. The van der Waals surface area contributed by atoms with Gasteiger partial charge in [-0.15, -0.1) is 0 Å². The van der Waals surface area contributed by atoms with Crippen LogP contribution in [0.2, 0.25) is 5.02 Å². The molecule has 3 heteroatoms. The first-order valence-electron chi connectivity index (χ1n) is 3.79. The molecule has 2 radical (unpaired) electrons. The molecule has 0 aromatic heterocycles. The molecule has 0 aliphatic heterocycles. The lowest BCUT2D eigenvalue weighted by atomic mass is 10.1. The lowest BCUT2D eigenvalue weighted by Crippen LogP contribution is -2.22. The van der Waals surface area contributed by atoms with Crippen molar-refractivity contribution in [3.8, 4) is 0 Å². The molecule has 1 aromatic rings. The Bertz CT molecular complexity index is 334. The highest BCUT2D eigenvalue weighted by molar-refractivity contribution is 6.33. The fourth-order valence-corrected chi connectivity index (χ4v) is 1.15. The molecule has 13 heavy (non-hydrogen) atoms. The van der Waals surface area contributed by atoms with Crippen LogP contribution < -0.4 is 0 Å². The van der Waals surface area contributed by atoms with Gasteiger partial charge >= 0.3 is 0 Å². The van der Waals surface area contributed by atoms with Crippen LogP contribution in [0.25, 0.3) is 0 Å². The Hall–Kier alpha value is -1.02. The second-order valence-electron chi connectivity index (χ2n) is 2.94. The third-order valence-corrected chi connectivity index (χ3v) is 1.96. The van der Waals surface area contributed by atoms with E-state index in [-0.39, 0.29) is 5.91 Å². The molecule has 0 heterocycles. The fourth-order valence-electron chi connectivity index (χ4n) is 0.948. The van der Waals surface area contributed by atoms with Gasteiger partial charge in [-0.3, -0.25) is 4.79 Å². The van der Waals surface area contributed by atoms with Gasteiger partial charge < -0.3 is 4.90 Å². The molecule has 0 spiro atoms. The van der Waals surface area contributed by atoms with E-state index in [9.17, 15) is 4.79 Å². The zero-order valence-electron chi connectivity index (χ0n) is 7.54. The van der Waals surface area contributed by atoms with Crippen molar-refractivity contribution in [2.45, 2.75) is 0 Å². The summed E-state index contributed by atoms with van der Waals surface area (Å²) >= 11 is 5.83. The molecule has 68 valence electrons. The van der Waals surface area contributed by atoms with Crippen molar-refractivity contribution in [2.75, 3.05) is 14.1 Å². The highest BCUT2D eigenvalue weighted by atomic mass is 35.5. The Morgan fingerprint density at radius 1 is 1.46 bits per heavy atom. The van der Waals surface area contributed by atoms with Gasteiger partial charge in [0.15, 0.2) is 0 Å². The van der Waals surface area contributed by atoms with Crippen molar-refractivity contribution in [2.24, 2.45) is 0 Å². The van der Waals surface area contributed by atoms with Crippen molar-refractivity contribution in [1.82, 2.24) is 4.90 Å². The summed E-state index contributed by atoms with van der Waals surface area (Å²) in [7, 11) is 3.34. The van der Waals surface area contributed by atoms with E-state index in [1.807, 2.05) is 0 Å². The molecule has 1 amide bonds. The first kappa shape index (κ1) is 10.1. The summed E-state index contributed by atoms with van der Waals surface area (Å²) in [6, 6.07) is 4.85. The van der Waals surface area contributed by atoms with Crippen molar-refractivity contribution in [3.63, 3.8) is 0 Å². The minimum absolute atomic E-state index is 0.141. The molecule has 0 saturated heterocycles. The average molecular weight is 196 g/mol. The van der Waals surface area contributed by atoms with E-state index >= 15 is 0 Å². The van der Waals surface area contributed by atoms with E-state index in [1.54, 1.807) is 32.3 Å². The zero-order chi connectivity index (χ0) is 10.0. The second-order valence-corrected chi connectivity index (χ2v) is 3.35. The Balaban J connectivity index is 3.13. The van der Waals surface area contributed by atoms with Crippen LogP contribution in [0.1, 0.15) is 15.9 Å². The van der Waals surface area contributed by atoms with Gasteiger partial charge in [0.1, 0.15) is 0 Å². The molecule has 0 fully saturated rings. The molecule has 1 rings (SSSR count). The monoisotopic (exact) mass is 195 g/mol. The molecule has 0 bridgehead atoms. The molecular formula is C10H10ClNO. The number of hydrogen-bond acceptors (Lipinski definition) is 1. The van der Waals surface area contributed by atoms with Crippen LogP contribution in [-0.4, -0.2) is 24.9 Å². The van der Waals surface area contributed by atoms with Crippen molar-refractivity contribution in [3.05, 3.63) is 41.3 Å². The number of benzene rings is 1. The van der Waals surface area contributed by atoms with Crippen LogP contribution >= 0.6 is 11.6 Å². The van der Waals surface area contributed by atoms with Gasteiger partial charge in [0, 0.05) is 14.1 Å². The summed E-state index contributed by atoms with van der Waals surface area (Å²) in [5.41, 5.74) is 0.973. The number of hydrogen-bond donors (Lipinski definition) is 0. The number of carbonyl (C=O) groups excluding carboxylic acids is 1. The molecule has 0 aliphatic carbocycles. The van der Waals surface area contributed by atoms with Crippen LogP contribution in [-0.2, 0) is 0 Å². The van der Waals surface area contributed by atoms with Gasteiger partial charge in [-0.2, -0.15) is 0 Å². The summed E-state index contributed by atoms with van der Waals surface area (Å²) in [5.74, 6) is -0.141. The van der Waals surface area contributed by atoms with Gasteiger partial charge in [0.25, 0.3) is 5.91 Å². The molecule has 0 unspecified atom stereocenters. The maximum absolute atomic E-state index is 11.5. The largest absolute Gasteiger partial charge is 0.345 e. The van der Waals surface area contributed by atoms with Gasteiger partial charge in [0.05, 0.1) is 10.6 Å². The highest BCUT2D eigenvalue weighted by Crippen LogP contribution is 2.18. The van der Waals surface area contributed by atoms with Crippen molar-refractivity contribution in [1.29, 1.82) is 0 Å². The number of rotatable bonds is 1. The first-order chi connectivity index (χ1) is 6.02. The fraction of sp³-hybridized carbons (Fsp3) is 0.200. The molecule has 2 nitrogen and oxygen atoms in total. The van der Waals surface area contributed by atoms with Crippen LogP contribution in [0.4, 0.5) is 0 Å². The number of halogens is 1. The molecule has 0 N–H and O–H groups in total. The smallest absolute Gasteiger partial charge is 0.254 e. The Morgan fingerprint density at radius 3 is 2.62 bits per heavy atom. The highest BCUT2D eigenvalue weighted by Gasteiger charge is 2.11. The predicted molar refractivity (Wildman–Crippen MR) is 52.9 cm³/mol. The summed E-state index contributed by atoms with van der Waals surface area (Å²) in [6.45, 7) is 5.54. The van der Waals surface area contributed by atoms with Gasteiger partial charge in [-0.05, 0) is 24.6 Å². The normalized spacial score (nSPS) is 9.85. The molecule has 0 saturated carbocycles. The summed E-state index contributed by atoms with van der Waals surface area (Å²) < 4.78 is 0. The van der Waals surface area contributed by atoms with Gasteiger partial charge in [0.2, 0.25) is 0 Å². The van der Waals surface area contributed by atoms with E-state index in [2.05, 4.69) is 0 Å². The molecule has 0 atom stereocenters. The van der Waals surface area contributed by atoms with E-state index < -0.39 is 0 Å². The van der Waals surface area contributed by atoms with Crippen LogP contribution in [0.3, 0.4) is 0 Å². The summed E-state index contributed by atoms with van der Waals surface area (Å²) in [6.07, 6.45) is 0. The SMILES string of the molecule is [CH]c1ccc(Cl)c(C(=O)N(C)C)c1. The Labute approximate surface area is 83.1 Å². The lowest BCUT2D eigenvalue weighted by Gasteiger charge is -2.11. The number of amides is 1. The van der Waals surface area contributed by atoms with Gasteiger partial charge in [-0.25, -0.2) is 0 Å². The zero-order valence-corrected chi connectivity index (χ0v) is 8.30. The third kappa shape index (κ3) is 2.22. The van der Waals surface area contributed by atoms with Crippen LogP contribution in [0.15, 0.2) is 18.2 Å². The lowest BCUT2D eigenvalue weighted by molar-refractivity contribution is 0.0827. The maximum Gasteiger partial charge on any atom is 0.254 e. The van der Waals surface area contributed by atoms with Crippen LogP contribution in [0, 0.1) is 6.92 Å². The molecule has 0 aliphatic rings. The average Bonchev–Trinajstić information content (AvgIpc) is 2.08. The molecule has 1 aromatic carbocycles. The van der Waals surface area contributed by atoms with Gasteiger partial charge in [-0.1, -0.05) is 17.7 Å². The minimum Gasteiger partial charge on any atom is -0.345 e. The number of carbonyl (C=O) groups is 1. The minimum atomic E-state index is -0.141. The van der Waals surface area contributed by atoms with E-state index in [0.29, 0.717) is 16.1 Å². The standard InChI is InChI=1S/C10H10ClNO/c1-7-4-5-9(11)8(6-7)10(13)12(2)3/h1,4-6H,2-3H3. The molecular weight excluding hydrogens is 186 g/mol. The Morgan fingerprint density at radius 2 is 2.08 bits per heavy atom. The topological polar surface area (TPSA) is 20.3 Å². The van der Waals surface area contributed by atoms with Crippen molar-refractivity contribution < 1.29 is 4.79 Å². The summed E-state index contributed by atoms with van der Waals surface area (Å²) in [5, 5.41) is 0.424. The first-order valence-corrected chi connectivity index (χ1v) is 4.17. The van der Waals surface area contributed by atoms with Crippen LogP contribution in [0.5, 0.6) is 0 Å². The third-order valence-electron chi connectivity index (χ3n) is 1.63. The second kappa shape index (κ2) is 3.79. The van der Waals surface area contributed by atoms with E-state index in [0.717, 1.165) is 0 Å². The van der Waals surface area contributed by atoms with Crippen molar-refractivity contribution >= 4 is 17.5 Å². The maximum atomic E-state index is 11.5. The van der Waals surface area contributed by atoms with E-state index in [4.69, 9.17) is 18.5 Å². The van der Waals surface area contributed by atoms with E-state index in [1.165, 1.54) is 4.90 Å². The Kier molecular flexibility index (Phi) is 2.94.